The molecule has 2 N–H and O–H groups in total. The van der Waals surface area contributed by atoms with E-state index in [2.05, 4.69) is 10.6 Å². The number of methoxy groups -OCH3 is 2. The van der Waals surface area contributed by atoms with Gasteiger partial charge in [0.05, 0.1) is 14.2 Å². The molecule has 0 spiro atoms. The molecule has 1 aliphatic rings. The molecule has 1 heterocycles. The number of hydrogen-bond donors (Lipinski definition) is 2. The van der Waals surface area contributed by atoms with Crippen molar-refractivity contribution in [3.8, 4) is 11.5 Å². The highest BCUT2D eigenvalue weighted by Gasteiger charge is 2.24. The molecule has 3 rings (SSSR count). The zero-order valence-electron chi connectivity index (χ0n) is 17.8. The van der Waals surface area contributed by atoms with E-state index in [1.165, 1.54) is 6.07 Å². The van der Waals surface area contributed by atoms with Crippen LogP contribution in [0.25, 0.3) is 0 Å². The lowest BCUT2D eigenvalue weighted by atomic mass is 9.93. The number of anilines is 1. The summed E-state index contributed by atoms with van der Waals surface area (Å²) in [6, 6.07) is 11.4. The molecule has 1 aliphatic heterocycles. The Balaban J connectivity index is 1.43. The third kappa shape index (κ3) is 6.10. The number of benzene rings is 2. The van der Waals surface area contributed by atoms with E-state index in [1.807, 2.05) is 0 Å². The van der Waals surface area contributed by atoms with Gasteiger partial charge < -0.3 is 25.0 Å². The van der Waals surface area contributed by atoms with Crippen molar-refractivity contribution in [1.29, 1.82) is 0 Å². The van der Waals surface area contributed by atoms with E-state index in [4.69, 9.17) is 9.47 Å². The number of hydrogen-bond acceptors (Lipinski definition) is 4. The Kier molecular flexibility index (Phi) is 7.70. The monoisotopic (exact) mass is 429 g/mol. The van der Waals surface area contributed by atoms with E-state index in [0.717, 1.165) is 12.8 Å². The molecular weight excluding hydrogens is 401 g/mol. The number of rotatable bonds is 7. The predicted molar refractivity (Wildman–Crippen MR) is 116 cm³/mol. The molecule has 31 heavy (non-hydrogen) atoms. The van der Waals surface area contributed by atoms with Crippen LogP contribution in [0.3, 0.4) is 0 Å². The molecule has 0 unspecified atom stereocenters. The number of amides is 3. The number of nitrogens with one attached hydrogen (secondary N) is 2. The second-order valence-electron chi connectivity index (χ2n) is 7.50. The Morgan fingerprint density at radius 1 is 1.06 bits per heavy atom. The standard InChI is InChI=1S/C23H28FN3O4/c1-30-20-8-7-18(14-21(20)31-2)26-23(29)27-11-9-16(10-12-27)13-22(28)25-15-17-5-3-4-6-19(17)24/h3-8,14,16H,9-13,15H2,1-2H3,(H,25,28)(H,26,29). The van der Waals surface area contributed by atoms with Crippen molar-refractivity contribution in [3.63, 3.8) is 0 Å². The smallest absolute Gasteiger partial charge is 0.321 e. The van der Waals surface area contributed by atoms with Gasteiger partial charge in [-0.15, -0.1) is 0 Å². The molecule has 3 amide bonds. The number of nitrogens with zero attached hydrogens (tertiary/aromatic N) is 1. The van der Waals surface area contributed by atoms with Gasteiger partial charge >= 0.3 is 6.03 Å². The van der Waals surface area contributed by atoms with Crippen molar-refractivity contribution in [3.05, 3.63) is 53.8 Å². The third-order valence-electron chi connectivity index (χ3n) is 5.44. The first-order valence-electron chi connectivity index (χ1n) is 10.3. The van der Waals surface area contributed by atoms with Crippen LogP contribution in [0, 0.1) is 11.7 Å². The quantitative estimate of drug-likeness (QED) is 0.702. The van der Waals surface area contributed by atoms with Gasteiger partial charge in [0.2, 0.25) is 5.91 Å². The molecule has 2 aromatic rings. The van der Waals surface area contributed by atoms with E-state index >= 15 is 0 Å². The van der Waals surface area contributed by atoms with Gasteiger partial charge in [-0.05, 0) is 37.0 Å². The van der Waals surface area contributed by atoms with Crippen LogP contribution in [0.15, 0.2) is 42.5 Å². The van der Waals surface area contributed by atoms with Crippen molar-refractivity contribution in [2.75, 3.05) is 32.6 Å². The van der Waals surface area contributed by atoms with E-state index in [1.54, 1.807) is 55.5 Å². The van der Waals surface area contributed by atoms with Gasteiger partial charge in [0.15, 0.2) is 11.5 Å². The van der Waals surface area contributed by atoms with Gasteiger partial charge in [0, 0.05) is 43.4 Å². The van der Waals surface area contributed by atoms with Gasteiger partial charge in [-0.25, -0.2) is 9.18 Å². The first-order chi connectivity index (χ1) is 15.0. The predicted octanol–water partition coefficient (Wildman–Crippen LogP) is 3.79. The minimum absolute atomic E-state index is 0.100. The van der Waals surface area contributed by atoms with Crippen molar-refractivity contribution in [1.82, 2.24) is 10.2 Å². The van der Waals surface area contributed by atoms with Crippen molar-refractivity contribution < 1.29 is 23.5 Å². The highest BCUT2D eigenvalue weighted by Crippen LogP contribution is 2.30. The van der Waals surface area contributed by atoms with Crippen LogP contribution >= 0.6 is 0 Å². The fourth-order valence-corrected chi connectivity index (χ4v) is 3.63. The Morgan fingerprint density at radius 2 is 1.77 bits per heavy atom. The largest absolute Gasteiger partial charge is 0.493 e. The van der Waals surface area contributed by atoms with Crippen molar-refractivity contribution in [2.45, 2.75) is 25.8 Å². The van der Waals surface area contributed by atoms with Gasteiger partial charge in [-0.3, -0.25) is 4.79 Å². The topological polar surface area (TPSA) is 79.9 Å². The third-order valence-corrected chi connectivity index (χ3v) is 5.44. The Bertz CT molecular complexity index is 913. The van der Waals surface area contributed by atoms with Crippen LogP contribution < -0.4 is 20.1 Å². The summed E-state index contributed by atoms with van der Waals surface area (Å²) in [6.07, 6.45) is 1.86. The maximum atomic E-state index is 13.6. The van der Waals surface area contributed by atoms with Crippen molar-refractivity contribution >= 4 is 17.6 Å². The Hall–Kier alpha value is -3.29. The molecule has 166 valence electrons. The average molecular weight is 429 g/mol. The maximum absolute atomic E-state index is 13.6. The highest BCUT2D eigenvalue weighted by atomic mass is 19.1. The molecule has 0 aromatic heterocycles. The molecule has 1 fully saturated rings. The fourth-order valence-electron chi connectivity index (χ4n) is 3.63. The number of carbonyl (C=O) groups is 2. The van der Waals surface area contributed by atoms with Crippen LogP contribution in [-0.2, 0) is 11.3 Å². The lowest BCUT2D eigenvalue weighted by Crippen LogP contribution is -2.41. The number of carbonyl (C=O) groups excluding carboxylic acids is 2. The molecule has 0 radical (unpaired) electrons. The summed E-state index contributed by atoms with van der Waals surface area (Å²) < 4.78 is 24.1. The summed E-state index contributed by atoms with van der Waals surface area (Å²) in [7, 11) is 3.10. The van der Waals surface area contributed by atoms with Gasteiger partial charge in [0.1, 0.15) is 5.82 Å². The first-order valence-corrected chi connectivity index (χ1v) is 10.3. The average Bonchev–Trinajstić information content (AvgIpc) is 2.79. The molecule has 7 nitrogen and oxygen atoms in total. The second kappa shape index (κ2) is 10.7. The molecule has 0 bridgehead atoms. The van der Waals surface area contributed by atoms with Crippen LogP contribution in [0.2, 0.25) is 0 Å². The summed E-state index contributed by atoms with van der Waals surface area (Å²) in [5.41, 5.74) is 1.09. The lowest BCUT2D eigenvalue weighted by Gasteiger charge is -2.31. The van der Waals surface area contributed by atoms with Gasteiger partial charge in [-0.1, -0.05) is 18.2 Å². The molecule has 0 atom stereocenters. The molecule has 8 heteroatoms. The van der Waals surface area contributed by atoms with Crippen LogP contribution in [-0.4, -0.2) is 44.1 Å². The molecule has 1 saturated heterocycles. The molecular formula is C23H28FN3O4. The summed E-state index contributed by atoms with van der Waals surface area (Å²) >= 11 is 0. The minimum Gasteiger partial charge on any atom is -0.493 e. The zero-order chi connectivity index (χ0) is 22.2. The lowest BCUT2D eigenvalue weighted by molar-refractivity contribution is -0.122. The molecule has 0 saturated carbocycles. The first kappa shape index (κ1) is 22.4. The summed E-state index contributed by atoms with van der Waals surface area (Å²) in [5.74, 6) is 0.911. The Labute approximate surface area is 181 Å². The SMILES string of the molecule is COc1ccc(NC(=O)N2CCC(CC(=O)NCc3ccccc3F)CC2)cc1OC. The fraction of sp³-hybridized carbons (Fsp3) is 0.391. The van der Waals surface area contributed by atoms with Gasteiger partial charge in [0.25, 0.3) is 0 Å². The number of ether oxygens (including phenoxy) is 2. The zero-order valence-corrected chi connectivity index (χ0v) is 17.8. The number of likely N-dealkylation sites (tertiary alicyclic amines) is 1. The summed E-state index contributed by atoms with van der Waals surface area (Å²) in [4.78, 5) is 26.5. The van der Waals surface area contributed by atoms with E-state index < -0.39 is 0 Å². The minimum atomic E-state index is -0.323. The van der Waals surface area contributed by atoms with Crippen LogP contribution in [0.1, 0.15) is 24.8 Å². The molecule has 0 aliphatic carbocycles. The van der Waals surface area contributed by atoms with Gasteiger partial charge in [-0.2, -0.15) is 0 Å². The van der Waals surface area contributed by atoms with E-state index in [-0.39, 0.29) is 30.2 Å². The van der Waals surface area contributed by atoms with Crippen LogP contribution in [0.5, 0.6) is 11.5 Å². The van der Waals surface area contributed by atoms with Crippen LogP contribution in [0.4, 0.5) is 14.9 Å². The maximum Gasteiger partial charge on any atom is 0.321 e. The number of urea groups is 1. The summed E-state index contributed by atoms with van der Waals surface area (Å²) in [5, 5.41) is 5.65. The van der Waals surface area contributed by atoms with E-state index in [0.29, 0.717) is 42.3 Å². The van der Waals surface area contributed by atoms with Crippen molar-refractivity contribution in [2.24, 2.45) is 5.92 Å². The highest BCUT2D eigenvalue weighted by molar-refractivity contribution is 5.89. The number of halogens is 1. The second-order valence-corrected chi connectivity index (χ2v) is 7.50. The molecule has 2 aromatic carbocycles. The Morgan fingerprint density at radius 3 is 2.45 bits per heavy atom. The number of piperidine rings is 1. The normalized spacial score (nSPS) is 14.1. The van der Waals surface area contributed by atoms with E-state index in [9.17, 15) is 14.0 Å². The summed E-state index contributed by atoms with van der Waals surface area (Å²) in [6.45, 7) is 1.33.